The summed E-state index contributed by atoms with van der Waals surface area (Å²) in [6.45, 7) is 4.14. The molecule has 1 heterocycles. The van der Waals surface area contributed by atoms with E-state index in [9.17, 15) is 4.79 Å². The van der Waals surface area contributed by atoms with Crippen molar-refractivity contribution >= 4 is 5.91 Å². The van der Waals surface area contributed by atoms with Crippen LogP contribution in [0.1, 0.15) is 31.9 Å². The number of amides is 1. The van der Waals surface area contributed by atoms with Crippen molar-refractivity contribution in [3.63, 3.8) is 0 Å². The molecule has 0 bridgehead atoms. The summed E-state index contributed by atoms with van der Waals surface area (Å²) in [6.07, 6.45) is 6.47. The van der Waals surface area contributed by atoms with Crippen LogP contribution in [0.3, 0.4) is 0 Å². The second-order valence-electron chi connectivity index (χ2n) is 5.61. The Morgan fingerprint density at radius 2 is 2.10 bits per heavy atom. The number of rotatable bonds is 4. The molecule has 1 fully saturated rings. The monoisotopic (exact) mass is 269 g/mol. The lowest BCUT2D eigenvalue weighted by Crippen LogP contribution is -2.28. The van der Waals surface area contributed by atoms with Gasteiger partial charge >= 0.3 is 0 Å². The highest BCUT2D eigenvalue weighted by molar-refractivity contribution is 5.81. The summed E-state index contributed by atoms with van der Waals surface area (Å²) in [5, 5.41) is 3.08. The van der Waals surface area contributed by atoms with Gasteiger partial charge in [0, 0.05) is 24.0 Å². The summed E-state index contributed by atoms with van der Waals surface area (Å²) < 4.78 is 1.96. The highest BCUT2D eigenvalue weighted by Crippen LogP contribution is 2.38. The summed E-state index contributed by atoms with van der Waals surface area (Å²) in [4.78, 5) is 16.0. The van der Waals surface area contributed by atoms with Crippen molar-refractivity contribution in [2.45, 2.75) is 26.3 Å². The van der Waals surface area contributed by atoms with Crippen LogP contribution in [0.15, 0.2) is 43.0 Å². The standard InChI is InChI=1S/C16H19N3O/c1-11-9-15(11)16(20)18-12(2)13-3-5-14(6-4-13)19-8-7-17-10-19/h3-8,10-12,15H,9H2,1-2H3,(H,18,20)/t11-,12+,15+/m1/s1. The fourth-order valence-electron chi connectivity index (χ4n) is 2.44. The molecule has 1 aromatic heterocycles. The summed E-state index contributed by atoms with van der Waals surface area (Å²) in [5.41, 5.74) is 2.19. The minimum atomic E-state index is 0.0483. The Hall–Kier alpha value is -2.10. The molecule has 0 saturated heterocycles. The first kappa shape index (κ1) is 12.9. The molecule has 3 rings (SSSR count). The first-order chi connectivity index (χ1) is 9.65. The largest absolute Gasteiger partial charge is 0.349 e. The molecule has 20 heavy (non-hydrogen) atoms. The van der Waals surface area contributed by atoms with Crippen molar-refractivity contribution in [2.75, 3.05) is 0 Å². The Labute approximate surface area is 118 Å². The Morgan fingerprint density at radius 1 is 1.40 bits per heavy atom. The van der Waals surface area contributed by atoms with E-state index >= 15 is 0 Å². The maximum atomic E-state index is 11.9. The molecule has 1 aliphatic carbocycles. The molecule has 1 amide bonds. The van der Waals surface area contributed by atoms with E-state index in [2.05, 4.69) is 29.4 Å². The van der Waals surface area contributed by atoms with Gasteiger partial charge in [-0.1, -0.05) is 19.1 Å². The highest BCUT2D eigenvalue weighted by atomic mass is 16.2. The minimum Gasteiger partial charge on any atom is -0.349 e. The van der Waals surface area contributed by atoms with Crippen molar-refractivity contribution in [3.05, 3.63) is 48.5 Å². The Morgan fingerprint density at radius 3 is 2.65 bits per heavy atom. The van der Waals surface area contributed by atoms with Crippen molar-refractivity contribution in [1.82, 2.24) is 14.9 Å². The van der Waals surface area contributed by atoms with Crippen LogP contribution in [-0.4, -0.2) is 15.5 Å². The molecule has 4 heteroatoms. The van der Waals surface area contributed by atoms with E-state index in [4.69, 9.17) is 0 Å². The van der Waals surface area contributed by atoms with E-state index in [0.717, 1.165) is 17.7 Å². The first-order valence-corrected chi connectivity index (χ1v) is 7.04. The van der Waals surface area contributed by atoms with E-state index in [-0.39, 0.29) is 17.9 Å². The van der Waals surface area contributed by atoms with Gasteiger partial charge in [0.25, 0.3) is 0 Å². The van der Waals surface area contributed by atoms with Gasteiger partial charge in [0.2, 0.25) is 5.91 Å². The molecule has 0 radical (unpaired) electrons. The van der Waals surface area contributed by atoms with Gasteiger partial charge in [-0.05, 0) is 37.0 Å². The predicted octanol–water partition coefficient (Wildman–Crippen LogP) is 2.71. The summed E-state index contributed by atoms with van der Waals surface area (Å²) in [5.74, 6) is 0.956. The number of benzene rings is 1. The van der Waals surface area contributed by atoms with E-state index in [1.807, 2.05) is 29.8 Å². The Balaban J connectivity index is 1.66. The third-order valence-electron chi connectivity index (χ3n) is 4.00. The van der Waals surface area contributed by atoms with Crippen LogP contribution in [0.2, 0.25) is 0 Å². The van der Waals surface area contributed by atoms with Gasteiger partial charge in [-0.15, -0.1) is 0 Å². The molecule has 1 aliphatic rings. The molecule has 4 nitrogen and oxygen atoms in total. The van der Waals surface area contributed by atoms with Crippen LogP contribution in [0, 0.1) is 11.8 Å². The number of nitrogens with one attached hydrogen (secondary N) is 1. The zero-order valence-electron chi connectivity index (χ0n) is 11.8. The van der Waals surface area contributed by atoms with Crippen LogP contribution >= 0.6 is 0 Å². The van der Waals surface area contributed by atoms with Crippen LogP contribution in [0.25, 0.3) is 5.69 Å². The molecular weight excluding hydrogens is 250 g/mol. The van der Waals surface area contributed by atoms with Crippen molar-refractivity contribution < 1.29 is 4.79 Å². The zero-order valence-corrected chi connectivity index (χ0v) is 11.8. The molecule has 0 spiro atoms. The Kier molecular flexibility index (Phi) is 3.30. The molecular formula is C16H19N3O. The Bertz CT molecular complexity index is 589. The van der Waals surface area contributed by atoms with Gasteiger partial charge in [0.05, 0.1) is 12.4 Å². The molecule has 1 N–H and O–H groups in total. The normalized spacial score (nSPS) is 22.3. The van der Waals surface area contributed by atoms with Gasteiger partial charge in [-0.2, -0.15) is 0 Å². The molecule has 0 unspecified atom stereocenters. The number of aromatic nitrogens is 2. The SMILES string of the molecule is C[C@H](NC(=O)[C@H]1C[C@H]1C)c1ccc(-n2ccnc2)cc1. The van der Waals surface area contributed by atoms with Crippen molar-refractivity contribution in [1.29, 1.82) is 0 Å². The highest BCUT2D eigenvalue weighted by Gasteiger charge is 2.39. The quantitative estimate of drug-likeness (QED) is 0.927. The molecule has 104 valence electrons. The average Bonchev–Trinajstić information content (AvgIpc) is 2.97. The van der Waals surface area contributed by atoms with Gasteiger partial charge in [-0.3, -0.25) is 4.79 Å². The van der Waals surface area contributed by atoms with Gasteiger partial charge in [-0.25, -0.2) is 4.98 Å². The van der Waals surface area contributed by atoms with E-state index in [0.29, 0.717) is 5.92 Å². The lowest BCUT2D eigenvalue weighted by molar-refractivity contribution is -0.123. The summed E-state index contributed by atoms with van der Waals surface area (Å²) in [6, 6.07) is 8.23. The summed E-state index contributed by atoms with van der Waals surface area (Å²) in [7, 11) is 0. The topological polar surface area (TPSA) is 46.9 Å². The van der Waals surface area contributed by atoms with Crippen LogP contribution in [0.5, 0.6) is 0 Å². The average molecular weight is 269 g/mol. The third-order valence-corrected chi connectivity index (χ3v) is 4.00. The zero-order chi connectivity index (χ0) is 14.1. The molecule has 0 aliphatic heterocycles. The van der Waals surface area contributed by atoms with E-state index in [1.165, 1.54) is 0 Å². The fourth-order valence-corrected chi connectivity index (χ4v) is 2.44. The van der Waals surface area contributed by atoms with Crippen LogP contribution in [0.4, 0.5) is 0 Å². The lowest BCUT2D eigenvalue weighted by Gasteiger charge is -2.15. The maximum Gasteiger partial charge on any atom is 0.223 e. The molecule has 1 saturated carbocycles. The van der Waals surface area contributed by atoms with Crippen LogP contribution < -0.4 is 5.32 Å². The molecule has 1 aromatic carbocycles. The molecule has 3 atom stereocenters. The lowest BCUT2D eigenvalue weighted by atomic mass is 10.1. The van der Waals surface area contributed by atoms with Gasteiger partial charge in [0.1, 0.15) is 0 Å². The predicted molar refractivity (Wildman–Crippen MR) is 77.4 cm³/mol. The summed E-state index contributed by atoms with van der Waals surface area (Å²) >= 11 is 0. The van der Waals surface area contributed by atoms with Crippen LogP contribution in [-0.2, 0) is 4.79 Å². The second-order valence-corrected chi connectivity index (χ2v) is 5.61. The fraction of sp³-hybridized carbons (Fsp3) is 0.375. The smallest absolute Gasteiger partial charge is 0.223 e. The number of hydrogen-bond donors (Lipinski definition) is 1. The van der Waals surface area contributed by atoms with Crippen molar-refractivity contribution in [2.24, 2.45) is 11.8 Å². The number of carbonyl (C=O) groups is 1. The number of hydrogen-bond acceptors (Lipinski definition) is 2. The molecule has 2 aromatic rings. The van der Waals surface area contributed by atoms with Gasteiger partial charge < -0.3 is 9.88 Å². The second kappa shape index (κ2) is 5.12. The van der Waals surface area contributed by atoms with Crippen molar-refractivity contribution in [3.8, 4) is 5.69 Å². The van der Waals surface area contributed by atoms with Gasteiger partial charge in [0.15, 0.2) is 0 Å². The third kappa shape index (κ3) is 2.59. The van der Waals surface area contributed by atoms with E-state index < -0.39 is 0 Å². The maximum absolute atomic E-state index is 11.9. The first-order valence-electron chi connectivity index (χ1n) is 7.04. The number of imidazole rings is 1. The number of nitrogens with zero attached hydrogens (tertiary/aromatic N) is 2. The number of carbonyl (C=O) groups excluding carboxylic acids is 1. The minimum absolute atomic E-state index is 0.0483. The van der Waals surface area contributed by atoms with E-state index in [1.54, 1.807) is 12.5 Å².